The van der Waals surface area contributed by atoms with Crippen molar-refractivity contribution in [2.75, 3.05) is 26.2 Å². The lowest BCUT2D eigenvalue weighted by Gasteiger charge is -2.30. The monoisotopic (exact) mass is 340 g/mol. The van der Waals surface area contributed by atoms with Gasteiger partial charge in [0.15, 0.2) is 0 Å². The number of unbranched alkanes of at least 4 members (excludes halogenated alkanes) is 8. The molecule has 0 rings (SSSR count). The Labute approximate surface area is 152 Å². The maximum atomic E-state index is 12.9. The van der Waals surface area contributed by atoms with Crippen molar-refractivity contribution in [3.05, 3.63) is 0 Å². The standard InChI is InChI=1S/C21H44N2O/c1-5-9-11-13-15-19-22(17-7-3)21(24)23(18-8-4)20-16-14-12-10-6-2/h5-20H2,1-4H3. The van der Waals surface area contributed by atoms with Gasteiger partial charge in [0.25, 0.3) is 0 Å². The fourth-order valence-electron chi connectivity index (χ4n) is 3.16. The van der Waals surface area contributed by atoms with E-state index >= 15 is 0 Å². The molecule has 0 fully saturated rings. The van der Waals surface area contributed by atoms with Gasteiger partial charge in [0.2, 0.25) is 0 Å². The van der Waals surface area contributed by atoms with E-state index in [2.05, 4.69) is 37.5 Å². The van der Waals surface area contributed by atoms with E-state index in [-0.39, 0.29) is 6.03 Å². The zero-order chi connectivity index (χ0) is 18.0. The van der Waals surface area contributed by atoms with Crippen molar-refractivity contribution in [3.63, 3.8) is 0 Å². The van der Waals surface area contributed by atoms with Crippen LogP contribution in [0.3, 0.4) is 0 Å². The molecular weight excluding hydrogens is 296 g/mol. The van der Waals surface area contributed by atoms with Gasteiger partial charge in [-0.05, 0) is 25.7 Å². The highest BCUT2D eigenvalue weighted by molar-refractivity contribution is 5.74. The Balaban J connectivity index is 4.33. The Hall–Kier alpha value is -0.730. The molecule has 2 amide bonds. The number of carbonyl (C=O) groups is 1. The maximum absolute atomic E-state index is 12.9. The van der Waals surface area contributed by atoms with Gasteiger partial charge in [0.1, 0.15) is 0 Å². The van der Waals surface area contributed by atoms with E-state index in [1.54, 1.807) is 0 Å². The highest BCUT2D eigenvalue weighted by atomic mass is 16.2. The molecule has 0 aromatic heterocycles. The molecule has 0 N–H and O–H groups in total. The van der Waals surface area contributed by atoms with Gasteiger partial charge in [-0.15, -0.1) is 0 Å². The molecule has 0 radical (unpaired) electrons. The Bertz CT molecular complexity index is 255. The zero-order valence-corrected chi connectivity index (χ0v) is 17.1. The summed E-state index contributed by atoms with van der Waals surface area (Å²) in [6.45, 7) is 12.5. The minimum absolute atomic E-state index is 0.282. The van der Waals surface area contributed by atoms with Crippen LogP contribution in [-0.4, -0.2) is 42.0 Å². The highest BCUT2D eigenvalue weighted by Gasteiger charge is 2.19. The molecular formula is C21H44N2O. The summed E-state index contributed by atoms with van der Waals surface area (Å²) in [4.78, 5) is 17.1. The summed E-state index contributed by atoms with van der Waals surface area (Å²) < 4.78 is 0. The number of hydrogen-bond donors (Lipinski definition) is 0. The molecule has 0 saturated heterocycles. The second-order valence-corrected chi connectivity index (χ2v) is 7.09. The lowest BCUT2D eigenvalue weighted by atomic mass is 10.1. The first-order valence-electron chi connectivity index (χ1n) is 10.7. The Morgan fingerprint density at radius 1 is 0.500 bits per heavy atom. The van der Waals surface area contributed by atoms with Crippen LogP contribution in [0.25, 0.3) is 0 Å². The summed E-state index contributed by atoms with van der Waals surface area (Å²) in [5.74, 6) is 0. The van der Waals surface area contributed by atoms with Crippen LogP contribution in [0, 0.1) is 0 Å². The van der Waals surface area contributed by atoms with Gasteiger partial charge in [0, 0.05) is 26.2 Å². The topological polar surface area (TPSA) is 23.6 Å². The van der Waals surface area contributed by atoms with Crippen LogP contribution in [0.2, 0.25) is 0 Å². The van der Waals surface area contributed by atoms with Crippen LogP contribution >= 0.6 is 0 Å². The highest BCUT2D eigenvalue weighted by Crippen LogP contribution is 2.10. The van der Waals surface area contributed by atoms with Crippen LogP contribution in [-0.2, 0) is 0 Å². The maximum Gasteiger partial charge on any atom is 0.319 e. The average molecular weight is 341 g/mol. The van der Waals surface area contributed by atoms with Gasteiger partial charge in [-0.25, -0.2) is 4.79 Å². The van der Waals surface area contributed by atoms with Crippen LogP contribution in [0.15, 0.2) is 0 Å². The molecule has 0 aliphatic carbocycles. The molecule has 24 heavy (non-hydrogen) atoms. The molecule has 0 unspecified atom stereocenters. The molecule has 3 nitrogen and oxygen atoms in total. The van der Waals surface area contributed by atoms with Crippen LogP contribution in [0.5, 0.6) is 0 Å². The van der Waals surface area contributed by atoms with Crippen molar-refractivity contribution in [1.82, 2.24) is 9.80 Å². The Morgan fingerprint density at radius 2 is 0.875 bits per heavy atom. The fourth-order valence-corrected chi connectivity index (χ4v) is 3.16. The van der Waals surface area contributed by atoms with E-state index in [4.69, 9.17) is 0 Å². The molecule has 144 valence electrons. The predicted octanol–water partition coefficient (Wildman–Crippen LogP) is 6.47. The fraction of sp³-hybridized carbons (Fsp3) is 0.952. The number of amides is 2. The van der Waals surface area contributed by atoms with Gasteiger partial charge in [0.05, 0.1) is 0 Å². The molecule has 3 heteroatoms. The Morgan fingerprint density at radius 3 is 1.21 bits per heavy atom. The molecule has 0 aromatic carbocycles. The summed E-state index contributed by atoms with van der Waals surface area (Å²) in [5, 5.41) is 0. The third kappa shape index (κ3) is 11.8. The quantitative estimate of drug-likeness (QED) is 0.295. The first-order chi connectivity index (χ1) is 11.7. The van der Waals surface area contributed by atoms with Gasteiger partial charge in [-0.3, -0.25) is 0 Å². The molecule has 0 spiro atoms. The van der Waals surface area contributed by atoms with Crippen molar-refractivity contribution in [1.29, 1.82) is 0 Å². The van der Waals surface area contributed by atoms with Crippen molar-refractivity contribution in [3.8, 4) is 0 Å². The minimum atomic E-state index is 0.282. The van der Waals surface area contributed by atoms with Crippen molar-refractivity contribution in [2.45, 2.75) is 105 Å². The normalized spacial score (nSPS) is 10.8. The molecule has 0 aromatic rings. The summed E-state index contributed by atoms with van der Waals surface area (Å²) >= 11 is 0. The van der Waals surface area contributed by atoms with E-state index in [0.29, 0.717) is 0 Å². The van der Waals surface area contributed by atoms with Gasteiger partial charge < -0.3 is 9.80 Å². The number of urea groups is 1. The summed E-state index contributed by atoms with van der Waals surface area (Å²) in [5.41, 5.74) is 0. The third-order valence-corrected chi connectivity index (χ3v) is 4.59. The first-order valence-corrected chi connectivity index (χ1v) is 10.7. The van der Waals surface area contributed by atoms with Crippen molar-refractivity contribution >= 4 is 6.03 Å². The number of rotatable bonds is 16. The second kappa shape index (κ2) is 17.1. The van der Waals surface area contributed by atoms with Crippen molar-refractivity contribution in [2.24, 2.45) is 0 Å². The molecule has 0 heterocycles. The molecule has 0 bridgehead atoms. The van der Waals surface area contributed by atoms with E-state index in [1.165, 1.54) is 51.4 Å². The van der Waals surface area contributed by atoms with Crippen LogP contribution in [0.1, 0.15) is 105 Å². The molecule has 0 aliphatic heterocycles. The van der Waals surface area contributed by atoms with Crippen molar-refractivity contribution < 1.29 is 4.79 Å². The van der Waals surface area contributed by atoms with E-state index in [0.717, 1.165) is 51.9 Å². The lowest BCUT2D eigenvalue weighted by Crippen LogP contribution is -2.44. The first kappa shape index (κ1) is 23.3. The predicted molar refractivity (Wildman–Crippen MR) is 107 cm³/mol. The smallest absolute Gasteiger partial charge is 0.319 e. The Kier molecular flexibility index (Phi) is 16.6. The van der Waals surface area contributed by atoms with E-state index in [9.17, 15) is 4.79 Å². The molecule has 0 saturated carbocycles. The van der Waals surface area contributed by atoms with Crippen LogP contribution < -0.4 is 0 Å². The van der Waals surface area contributed by atoms with E-state index in [1.807, 2.05) is 0 Å². The zero-order valence-electron chi connectivity index (χ0n) is 17.1. The lowest BCUT2D eigenvalue weighted by molar-refractivity contribution is 0.150. The van der Waals surface area contributed by atoms with Crippen LogP contribution in [0.4, 0.5) is 4.79 Å². The molecule has 0 aliphatic rings. The second-order valence-electron chi connectivity index (χ2n) is 7.09. The van der Waals surface area contributed by atoms with E-state index < -0.39 is 0 Å². The van der Waals surface area contributed by atoms with Gasteiger partial charge >= 0.3 is 6.03 Å². The van der Waals surface area contributed by atoms with Gasteiger partial charge in [-0.1, -0.05) is 79.1 Å². The summed E-state index contributed by atoms with van der Waals surface area (Å²) in [7, 11) is 0. The SMILES string of the molecule is CCCCCCCN(CCC)C(=O)N(CCC)CCCCCCC. The van der Waals surface area contributed by atoms with Gasteiger partial charge in [-0.2, -0.15) is 0 Å². The number of nitrogens with zero attached hydrogens (tertiary/aromatic N) is 2. The summed E-state index contributed by atoms with van der Waals surface area (Å²) in [6, 6.07) is 0.282. The number of carbonyl (C=O) groups excluding carboxylic acids is 1. The average Bonchev–Trinajstić information content (AvgIpc) is 2.59. The largest absolute Gasteiger partial charge is 0.325 e. The molecule has 0 atom stereocenters. The third-order valence-electron chi connectivity index (χ3n) is 4.59. The minimum Gasteiger partial charge on any atom is -0.325 e. The number of hydrogen-bond acceptors (Lipinski definition) is 1. The summed E-state index contributed by atoms with van der Waals surface area (Å²) in [6.07, 6.45) is 14.7.